The van der Waals surface area contributed by atoms with Crippen molar-refractivity contribution in [1.82, 2.24) is 0 Å². The molecular formula is C35H23Cl2F5N2O6. The fraction of sp³-hybridized carbons (Fsp3) is 0.257. The van der Waals surface area contributed by atoms with E-state index in [-0.39, 0.29) is 39.6 Å². The second-order valence-electron chi connectivity index (χ2n) is 12.4. The van der Waals surface area contributed by atoms with Crippen molar-refractivity contribution in [3.63, 3.8) is 0 Å². The summed E-state index contributed by atoms with van der Waals surface area (Å²) in [5.41, 5.74) is -0.546. The topological polar surface area (TPSA) is 104 Å². The highest BCUT2D eigenvalue weighted by Crippen LogP contribution is 2.66. The molecule has 1 N–H and O–H groups in total. The van der Waals surface area contributed by atoms with Crippen molar-refractivity contribution in [2.24, 2.45) is 17.8 Å². The van der Waals surface area contributed by atoms with Crippen LogP contribution in [0.5, 0.6) is 11.5 Å². The van der Waals surface area contributed by atoms with Crippen LogP contribution in [0.4, 0.5) is 33.3 Å². The molecule has 7 rings (SSSR count). The smallest absolute Gasteiger partial charge is 0.258 e. The van der Waals surface area contributed by atoms with Crippen LogP contribution in [0.1, 0.15) is 29.9 Å². The number of hydrogen-bond acceptors (Lipinski definition) is 6. The highest BCUT2D eigenvalue weighted by molar-refractivity contribution is 6.58. The molecule has 2 saturated heterocycles. The number of fused-ring (bicyclic) bond motifs is 4. The summed E-state index contributed by atoms with van der Waals surface area (Å²) >= 11 is 14.2. The molecule has 15 heteroatoms. The molecule has 258 valence electrons. The van der Waals surface area contributed by atoms with Gasteiger partial charge in [0.2, 0.25) is 17.6 Å². The molecule has 0 spiro atoms. The first-order chi connectivity index (χ1) is 23.6. The van der Waals surface area contributed by atoms with E-state index in [1.165, 1.54) is 25.3 Å². The first-order valence-corrected chi connectivity index (χ1v) is 15.8. The number of phenols is 1. The molecule has 2 aliphatic carbocycles. The maximum Gasteiger partial charge on any atom is 0.258 e. The van der Waals surface area contributed by atoms with E-state index in [1.54, 1.807) is 36.4 Å². The van der Waals surface area contributed by atoms with E-state index >= 15 is 8.78 Å². The number of imide groups is 2. The molecular weight excluding hydrogens is 710 g/mol. The highest BCUT2D eigenvalue weighted by atomic mass is 35.5. The van der Waals surface area contributed by atoms with Gasteiger partial charge in [-0.1, -0.05) is 42.5 Å². The van der Waals surface area contributed by atoms with Gasteiger partial charge < -0.3 is 9.84 Å². The summed E-state index contributed by atoms with van der Waals surface area (Å²) in [4.78, 5) is 52.0. The standard InChI is InChI=1S/C35H23Cl2F5N2O6/c1-3-14-4-7-16(8-5-14)43-30(46)18-10-9-17-19(22(18)31(43)47)13-34(36)32(48)44(29-27(41)25(39)24(38)26(40)28(29)42)33(49)35(34,37)23(17)15-6-11-20(45)21(12-15)50-2/h3-9,11-12,18-19,22-23,45H,1,10,13H2,2H3/t18-,19+,22-,23-,34+,35-/m0/s1. The predicted octanol–water partition coefficient (Wildman–Crippen LogP) is 6.51. The molecule has 3 fully saturated rings. The van der Waals surface area contributed by atoms with E-state index in [2.05, 4.69) is 6.58 Å². The van der Waals surface area contributed by atoms with Gasteiger partial charge in [-0.3, -0.25) is 24.1 Å². The molecule has 0 aromatic heterocycles. The Labute approximate surface area is 290 Å². The van der Waals surface area contributed by atoms with Gasteiger partial charge in [-0.2, -0.15) is 0 Å². The van der Waals surface area contributed by atoms with Crippen LogP contribution < -0.4 is 14.5 Å². The van der Waals surface area contributed by atoms with Crippen LogP contribution in [0.15, 0.2) is 60.7 Å². The largest absolute Gasteiger partial charge is 0.504 e. The van der Waals surface area contributed by atoms with Crippen LogP contribution in [-0.4, -0.2) is 45.6 Å². The zero-order chi connectivity index (χ0) is 36.2. The fourth-order valence-corrected chi connectivity index (χ4v) is 8.76. The third-order valence-corrected chi connectivity index (χ3v) is 11.6. The summed E-state index contributed by atoms with van der Waals surface area (Å²) in [5, 5.41) is 10.3. The fourth-order valence-electron chi connectivity index (χ4n) is 7.83. The molecule has 3 aromatic carbocycles. The molecule has 8 nitrogen and oxygen atoms in total. The lowest BCUT2D eigenvalue weighted by molar-refractivity contribution is -0.125. The number of carbonyl (C=O) groups excluding carboxylic acids is 4. The quantitative estimate of drug-likeness (QED) is 0.0802. The lowest BCUT2D eigenvalue weighted by Crippen LogP contribution is -2.60. The first-order valence-electron chi connectivity index (χ1n) is 15.1. The van der Waals surface area contributed by atoms with E-state index in [0.717, 1.165) is 10.5 Å². The predicted molar refractivity (Wildman–Crippen MR) is 170 cm³/mol. The first kappa shape index (κ1) is 33.7. The molecule has 4 aliphatic rings. The maximum atomic E-state index is 15.2. The Morgan fingerprint density at radius 3 is 2.08 bits per heavy atom. The molecule has 2 heterocycles. The second kappa shape index (κ2) is 11.4. The number of allylic oxidation sites excluding steroid dienone is 2. The molecule has 0 bridgehead atoms. The minimum atomic E-state index is -2.70. The molecule has 4 amide bonds. The van der Waals surface area contributed by atoms with Crippen LogP contribution >= 0.6 is 23.2 Å². The van der Waals surface area contributed by atoms with Crippen molar-refractivity contribution < 1.29 is 51.0 Å². The van der Waals surface area contributed by atoms with Crippen molar-refractivity contribution in [2.45, 2.75) is 28.5 Å². The molecule has 0 unspecified atom stereocenters. The van der Waals surface area contributed by atoms with Crippen molar-refractivity contribution in [2.75, 3.05) is 16.9 Å². The van der Waals surface area contributed by atoms with Gasteiger partial charge >= 0.3 is 0 Å². The summed E-state index contributed by atoms with van der Waals surface area (Å²) < 4.78 is 78.5. The number of phenolic OH excluding ortho intramolecular Hbond substituents is 1. The summed E-state index contributed by atoms with van der Waals surface area (Å²) in [6.45, 7) is 3.69. The van der Waals surface area contributed by atoms with Crippen molar-refractivity contribution in [3.05, 3.63) is 101 Å². The number of carbonyl (C=O) groups is 4. The summed E-state index contributed by atoms with van der Waals surface area (Å²) in [7, 11) is 1.23. The van der Waals surface area contributed by atoms with Crippen molar-refractivity contribution in [3.8, 4) is 11.5 Å². The number of rotatable bonds is 5. The third kappa shape index (κ3) is 4.22. The zero-order valence-electron chi connectivity index (χ0n) is 25.7. The lowest BCUT2D eigenvalue weighted by atomic mass is 9.56. The summed E-state index contributed by atoms with van der Waals surface area (Å²) in [5.74, 6) is -21.9. The van der Waals surface area contributed by atoms with Crippen LogP contribution in [-0.2, 0) is 19.2 Å². The Morgan fingerprint density at radius 1 is 0.860 bits per heavy atom. The number of hydrogen-bond donors (Lipinski definition) is 1. The molecule has 50 heavy (non-hydrogen) atoms. The van der Waals surface area contributed by atoms with Crippen LogP contribution in [0, 0.1) is 46.8 Å². The van der Waals surface area contributed by atoms with Crippen LogP contribution in [0.3, 0.4) is 0 Å². The second-order valence-corrected chi connectivity index (χ2v) is 13.7. The monoisotopic (exact) mass is 732 g/mol. The average molecular weight is 733 g/mol. The third-order valence-electron chi connectivity index (χ3n) is 10.1. The van der Waals surface area contributed by atoms with E-state index in [1.807, 2.05) is 0 Å². The van der Waals surface area contributed by atoms with Gasteiger partial charge in [-0.25, -0.2) is 26.9 Å². The number of aromatic hydroxyl groups is 1. The Balaban J connectivity index is 1.43. The van der Waals surface area contributed by atoms with Gasteiger partial charge in [-0.05, 0) is 54.2 Å². The maximum absolute atomic E-state index is 15.2. The lowest BCUT2D eigenvalue weighted by Gasteiger charge is -2.50. The van der Waals surface area contributed by atoms with E-state index in [9.17, 15) is 37.5 Å². The van der Waals surface area contributed by atoms with E-state index in [0.29, 0.717) is 0 Å². The SMILES string of the molecule is C=Cc1ccc(N2C(=O)[C@H]3[C@H](CC=C4[C@H]3C[C@@]3(Cl)C(=O)N(c5c(F)c(F)c(F)c(F)c5F)C(=O)[C@@]3(Cl)[C@H]4c3ccc(O)c(OC)c3)C2=O)cc1. The number of anilines is 2. The van der Waals surface area contributed by atoms with Crippen LogP contribution in [0.25, 0.3) is 6.08 Å². The Morgan fingerprint density at radius 2 is 1.48 bits per heavy atom. The van der Waals surface area contributed by atoms with Crippen LogP contribution in [0.2, 0.25) is 0 Å². The van der Waals surface area contributed by atoms with Gasteiger partial charge in [0.25, 0.3) is 11.8 Å². The number of nitrogens with zero attached hydrogens (tertiary/aromatic N) is 2. The Bertz CT molecular complexity index is 2080. The molecule has 3 aromatic rings. The van der Waals surface area contributed by atoms with Crippen molar-refractivity contribution >= 4 is 64.3 Å². The molecule has 6 atom stereocenters. The van der Waals surface area contributed by atoms with Gasteiger partial charge in [0.05, 0.1) is 24.6 Å². The molecule has 0 radical (unpaired) electrons. The number of amides is 4. The number of halogens is 7. The minimum absolute atomic E-state index is 0.0280. The number of alkyl halides is 2. The van der Waals surface area contributed by atoms with E-state index in [4.69, 9.17) is 27.9 Å². The van der Waals surface area contributed by atoms with Gasteiger partial charge in [-0.15, -0.1) is 23.2 Å². The average Bonchev–Trinajstić information content (AvgIpc) is 3.45. The Kier molecular flexibility index (Phi) is 7.68. The Hall–Kier alpha value is -4.75. The van der Waals surface area contributed by atoms with Gasteiger partial charge in [0.1, 0.15) is 5.69 Å². The van der Waals surface area contributed by atoms with Gasteiger partial charge in [0, 0.05) is 5.92 Å². The number of methoxy groups -OCH3 is 1. The van der Waals surface area contributed by atoms with Gasteiger partial charge in [0.15, 0.2) is 44.5 Å². The summed E-state index contributed by atoms with van der Waals surface area (Å²) in [6, 6.07) is 10.2. The highest BCUT2D eigenvalue weighted by Gasteiger charge is 2.77. The van der Waals surface area contributed by atoms with E-state index < -0.39 is 98.2 Å². The number of ether oxygens (including phenoxy) is 1. The summed E-state index contributed by atoms with van der Waals surface area (Å²) in [6.07, 6.45) is 2.47. The zero-order valence-corrected chi connectivity index (χ0v) is 27.2. The van der Waals surface area contributed by atoms with Crippen molar-refractivity contribution in [1.29, 1.82) is 0 Å². The minimum Gasteiger partial charge on any atom is -0.504 e. The normalized spacial score (nSPS) is 28.8. The number of benzene rings is 3. The molecule has 2 aliphatic heterocycles. The molecule has 1 saturated carbocycles.